The van der Waals surface area contributed by atoms with Crippen molar-refractivity contribution in [2.45, 2.75) is 30.7 Å². The van der Waals surface area contributed by atoms with Gasteiger partial charge in [-0.15, -0.1) is 10.2 Å². The molecule has 1 amide bonds. The van der Waals surface area contributed by atoms with Gasteiger partial charge in [-0.05, 0) is 43.7 Å². The van der Waals surface area contributed by atoms with Gasteiger partial charge in [0.05, 0.1) is 18.8 Å². The van der Waals surface area contributed by atoms with Crippen LogP contribution in [0.5, 0.6) is 5.75 Å². The van der Waals surface area contributed by atoms with Gasteiger partial charge in [0.1, 0.15) is 5.75 Å². The summed E-state index contributed by atoms with van der Waals surface area (Å²) >= 11 is 1.24. The number of anilines is 1. The molecule has 0 aliphatic rings. The molecule has 140 valence electrons. The second kappa shape index (κ2) is 8.73. The zero-order valence-electron chi connectivity index (χ0n) is 15.4. The maximum atomic E-state index is 12.3. The highest BCUT2D eigenvalue weighted by molar-refractivity contribution is 8.00. The summed E-state index contributed by atoms with van der Waals surface area (Å²) in [6.07, 6.45) is 0.529. The molecule has 1 N–H and O–H groups in total. The van der Waals surface area contributed by atoms with E-state index in [0.717, 1.165) is 22.6 Å². The molecule has 0 fully saturated rings. The zero-order chi connectivity index (χ0) is 19.2. The van der Waals surface area contributed by atoms with Crippen LogP contribution in [0.3, 0.4) is 0 Å². The normalized spacial score (nSPS) is 11.8. The number of nitrogens with zero attached hydrogens (tertiary/aromatic N) is 2. The molecule has 3 rings (SSSR count). The average molecular weight is 383 g/mol. The highest BCUT2D eigenvalue weighted by Crippen LogP contribution is 2.24. The first-order valence-corrected chi connectivity index (χ1v) is 9.41. The van der Waals surface area contributed by atoms with Crippen molar-refractivity contribution in [2.24, 2.45) is 0 Å². The van der Waals surface area contributed by atoms with Crippen LogP contribution >= 0.6 is 11.8 Å². The molecule has 2 aromatic carbocycles. The third-order valence-electron chi connectivity index (χ3n) is 3.93. The van der Waals surface area contributed by atoms with Gasteiger partial charge in [0.25, 0.3) is 5.22 Å². The Bertz CT molecular complexity index is 892. The number of ether oxygens (including phenoxy) is 1. The topological polar surface area (TPSA) is 77.2 Å². The van der Waals surface area contributed by atoms with Crippen molar-refractivity contribution >= 4 is 23.4 Å². The maximum Gasteiger partial charge on any atom is 0.277 e. The number of methoxy groups -OCH3 is 1. The summed E-state index contributed by atoms with van der Waals surface area (Å²) in [4.78, 5) is 12.3. The van der Waals surface area contributed by atoms with Crippen molar-refractivity contribution < 1.29 is 13.9 Å². The lowest BCUT2D eigenvalue weighted by Crippen LogP contribution is -2.22. The maximum absolute atomic E-state index is 12.3. The molecule has 0 bridgehead atoms. The molecule has 3 aromatic rings. The van der Waals surface area contributed by atoms with E-state index in [1.54, 1.807) is 7.11 Å². The van der Waals surface area contributed by atoms with Crippen LogP contribution in [0.1, 0.15) is 23.9 Å². The van der Waals surface area contributed by atoms with Crippen LogP contribution in [0.4, 0.5) is 5.69 Å². The third kappa shape index (κ3) is 5.34. The molecule has 0 unspecified atom stereocenters. The number of nitrogens with one attached hydrogen (secondary N) is 1. The number of hydrogen-bond donors (Lipinski definition) is 1. The van der Waals surface area contributed by atoms with Crippen molar-refractivity contribution in [1.29, 1.82) is 0 Å². The van der Waals surface area contributed by atoms with Gasteiger partial charge in [0, 0.05) is 5.69 Å². The lowest BCUT2D eigenvalue weighted by atomic mass is 10.1. The Hall–Kier alpha value is -2.80. The van der Waals surface area contributed by atoms with Gasteiger partial charge in [0.2, 0.25) is 11.8 Å². The number of hydrogen-bond acceptors (Lipinski definition) is 6. The van der Waals surface area contributed by atoms with Crippen molar-refractivity contribution in [2.75, 3.05) is 12.4 Å². The van der Waals surface area contributed by atoms with E-state index in [2.05, 4.69) is 15.5 Å². The summed E-state index contributed by atoms with van der Waals surface area (Å²) in [5.74, 6) is 1.20. The van der Waals surface area contributed by atoms with Crippen molar-refractivity contribution in [3.8, 4) is 5.75 Å². The van der Waals surface area contributed by atoms with Crippen molar-refractivity contribution in [3.63, 3.8) is 0 Å². The van der Waals surface area contributed by atoms with Crippen LogP contribution in [0.2, 0.25) is 0 Å². The van der Waals surface area contributed by atoms with E-state index in [-0.39, 0.29) is 11.2 Å². The Morgan fingerprint density at radius 2 is 1.85 bits per heavy atom. The molecule has 1 heterocycles. The summed E-state index contributed by atoms with van der Waals surface area (Å²) in [6, 6.07) is 15.3. The SMILES string of the molecule is COc1ccc(Cc2nnc(S[C@H](C)C(=O)Nc3ccc(C)cc3)o2)cc1. The Morgan fingerprint density at radius 3 is 2.52 bits per heavy atom. The molecule has 7 heteroatoms. The molecular weight excluding hydrogens is 362 g/mol. The van der Waals surface area contributed by atoms with E-state index in [0.29, 0.717) is 17.5 Å². The third-order valence-corrected chi connectivity index (χ3v) is 4.86. The number of aryl methyl sites for hydroxylation is 1. The predicted molar refractivity (Wildman–Crippen MR) is 105 cm³/mol. The fraction of sp³-hybridized carbons (Fsp3) is 0.250. The van der Waals surface area contributed by atoms with Crippen molar-refractivity contribution in [1.82, 2.24) is 10.2 Å². The number of carbonyl (C=O) groups is 1. The Labute approximate surface area is 162 Å². The molecule has 0 aliphatic carbocycles. The van der Waals surface area contributed by atoms with Gasteiger partial charge in [0.15, 0.2) is 0 Å². The van der Waals surface area contributed by atoms with Crippen LogP contribution in [0.15, 0.2) is 58.2 Å². The zero-order valence-corrected chi connectivity index (χ0v) is 16.2. The monoisotopic (exact) mass is 383 g/mol. The lowest BCUT2D eigenvalue weighted by molar-refractivity contribution is -0.115. The lowest BCUT2D eigenvalue weighted by Gasteiger charge is -2.10. The summed E-state index contributed by atoms with van der Waals surface area (Å²) < 4.78 is 10.8. The molecule has 27 heavy (non-hydrogen) atoms. The highest BCUT2D eigenvalue weighted by atomic mass is 32.2. The Kier molecular flexibility index (Phi) is 6.13. The van der Waals surface area contributed by atoms with Crippen LogP contribution in [-0.2, 0) is 11.2 Å². The molecule has 0 aliphatic heterocycles. The van der Waals surface area contributed by atoms with Crippen LogP contribution in [0, 0.1) is 6.92 Å². The van der Waals surface area contributed by atoms with Gasteiger partial charge in [-0.3, -0.25) is 4.79 Å². The number of benzene rings is 2. The van der Waals surface area contributed by atoms with E-state index in [4.69, 9.17) is 9.15 Å². The van der Waals surface area contributed by atoms with Gasteiger partial charge < -0.3 is 14.5 Å². The number of carbonyl (C=O) groups excluding carboxylic acids is 1. The fourth-order valence-electron chi connectivity index (χ4n) is 2.36. The van der Waals surface area contributed by atoms with Crippen LogP contribution in [0.25, 0.3) is 0 Å². The van der Waals surface area contributed by atoms with E-state index >= 15 is 0 Å². The minimum Gasteiger partial charge on any atom is -0.497 e. The molecule has 6 nitrogen and oxygen atoms in total. The molecule has 0 saturated heterocycles. The minimum absolute atomic E-state index is 0.112. The van der Waals surface area contributed by atoms with Crippen molar-refractivity contribution in [3.05, 3.63) is 65.5 Å². The summed E-state index contributed by atoms with van der Waals surface area (Å²) in [7, 11) is 1.63. The van der Waals surface area contributed by atoms with Gasteiger partial charge in [-0.1, -0.05) is 41.6 Å². The van der Waals surface area contributed by atoms with E-state index in [1.165, 1.54) is 11.8 Å². The van der Waals surface area contributed by atoms with Gasteiger partial charge in [-0.25, -0.2) is 0 Å². The number of thioether (sulfide) groups is 1. The Morgan fingerprint density at radius 1 is 1.15 bits per heavy atom. The van der Waals surface area contributed by atoms with E-state index < -0.39 is 0 Å². The smallest absolute Gasteiger partial charge is 0.277 e. The summed E-state index contributed by atoms with van der Waals surface area (Å²) in [6.45, 7) is 3.81. The number of aromatic nitrogens is 2. The first-order valence-electron chi connectivity index (χ1n) is 8.53. The number of amides is 1. The number of rotatable bonds is 7. The van der Waals surface area contributed by atoms with Crippen LogP contribution in [-0.4, -0.2) is 28.5 Å². The molecule has 1 atom stereocenters. The van der Waals surface area contributed by atoms with Gasteiger partial charge >= 0.3 is 0 Å². The standard InChI is InChI=1S/C20H21N3O3S/c1-13-4-8-16(9-5-13)21-19(24)14(2)27-20-23-22-18(26-20)12-15-6-10-17(25-3)11-7-15/h4-11,14H,12H2,1-3H3,(H,21,24)/t14-/m1/s1. The second-order valence-electron chi connectivity index (χ2n) is 6.10. The predicted octanol–water partition coefficient (Wildman–Crippen LogP) is 4.10. The highest BCUT2D eigenvalue weighted by Gasteiger charge is 2.18. The quantitative estimate of drug-likeness (QED) is 0.619. The average Bonchev–Trinajstić information content (AvgIpc) is 3.11. The molecule has 1 aromatic heterocycles. The van der Waals surface area contributed by atoms with Gasteiger partial charge in [-0.2, -0.15) is 0 Å². The second-order valence-corrected chi connectivity index (χ2v) is 7.39. The molecule has 0 radical (unpaired) electrons. The van der Waals surface area contributed by atoms with Crippen LogP contribution < -0.4 is 10.1 Å². The van der Waals surface area contributed by atoms with E-state index in [1.807, 2.05) is 62.4 Å². The first kappa shape index (κ1) is 19.0. The molecular formula is C20H21N3O3S. The molecule has 0 spiro atoms. The van der Waals surface area contributed by atoms with E-state index in [9.17, 15) is 4.79 Å². The summed E-state index contributed by atoms with van der Waals surface area (Å²) in [5.41, 5.74) is 2.95. The Balaban J connectivity index is 1.55. The minimum atomic E-state index is -0.361. The summed E-state index contributed by atoms with van der Waals surface area (Å²) in [5, 5.41) is 11.0. The molecule has 0 saturated carbocycles. The largest absolute Gasteiger partial charge is 0.497 e. The fourth-order valence-corrected chi connectivity index (χ4v) is 3.06. The first-order chi connectivity index (χ1) is 13.0.